The molecule has 1 fully saturated rings. The Kier molecular flexibility index (Phi) is 2.90. The summed E-state index contributed by atoms with van der Waals surface area (Å²) in [6.07, 6.45) is 1.64. The number of anilines is 2. The summed E-state index contributed by atoms with van der Waals surface area (Å²) in [4.78, 5) is 31.3. The fourth-order valence-corrected chi connectivity index (χ4v) is 2.91. The van der Waals surface area contributed by atoms with Crippen molar-refractivity contribution in [3.8, 4) is 5.75 Å². The van der Waals surface area contributed by atoms with Crippen LogP contribution in [0.4, 0.5) is 21.9 Å². The maximum absolute atomic E-state index is 12.8. The van der Waals surface area contributed by atoms with Crippen molar-refractivity contribution in [2.24, 2.45) is 0 Å². The number of carbonyl (C=O) groups is 2. The lowest BCUT2D eigenvalue weighted by atomic mass is 10.1. The summed E-state index contributed by atoms with van der Waals surface area (Å²) in [7, 11) is 1.57. The molecule has 1 N–H and O–H groups in total. The molecule has 6 heteroatoms. The van der Waals surface area contributed by atoms with Crippen molar-refractivity contribution in [3.63, 3.8) is 0 Å². The second-order valence-corrected chi connectivity index (χ2v) is 5.30. The van der Waals surface area contributed by atoms with E-state index in [1.165, 1.54) is 9.80 Å². The molecule has 0 spiro atoms. The first-order chi connectivity index (χ1) is 11.2. The molecule has 23 heavy (non-hydrogen) atoms. The van der Waals surface area contributed by atoms with Gasteiger partial charge in [-0.15, -0.1) is 0 Å². The van der Waals surface area contributed by atoms with Crippen molar-refractivity contribution >= 4 is 35.2 Å². The van der Waals surface area contributed by atoms with E-state index in [0.717, 1.165) is 5.69 Å². The first-order valence-electron chi connectivity index (χ1n) is 7.21. The van der Waals surface area contributed by atoms with E-state index >= 15 is 0 Å². The third-order valence-corrected chi connectivity index (χ3v) is 4.04. The highest BCUT2D eigenvalue weighted by Gasteiger charge is 2.50. The molecular formula is C17H14N3O3+. The third kappa shape index (κ3) is 1.92. The van der Waals surface area contributed by atoms with Gasteiger partial charge in [0.25, 0.3) is 5.91 Å². The number of nitrogens with zero attached hydrogens (tertiary/aromatic N) is 2. The molecule has 2 heterocycles. The van der Waals surface area contributed by atoms with Gasteiger partial charge in [-0.2, -0.15) is 0 Å². The van der Waals surface area contributed by atoms with Gasteiger partial charge in [0.05, 0.1) is 12.8 Å². The molecule has 0 radical (unpaired) electrons. The van der Waals surface area contributed by atoms with Crippen LogP contribution in [-0.4, -0.2) is 31.3 Å². The SMILES string of the molecule is COc1ccc(N2C(=O)C3C=[NH+]c4ccccc4N3C2=O)cc1. The number of rotatable bonds is 2. The minimum absolute atomic E-state index is 0.276. The van der Waals surface area contributed by atoms with Gasteiger partial charge in [0.2, 0.25) is 5.69 Å². The van der Waals surface area contributed by atoms with E-state index in [-0.39, 0.29) is 11.9 Å². The number of urea groups is 1. The summed E-state index contributed by atoms with van der Waals surface area (Å²) >= 11 is 0. The van der Waals surface area contributed by atoms with Crippen molar-refractivity contribution in [1.82, 2.24) is 0 Å². The highest BCUT2D eigenvalue weighted by atomic mass is 16.5. The Labute approximate surface area is 132 Å². The predicted octanol–water partition coefficient (Wildman–Crippen LogP) is 0.833. The molecule has 6 nitrogen and oxygen atoms in total. The van der Waals surface area contributed by atoms with Crippen molar-refractivity contribution in [3.05, 3.63) is 48.5 Å². The van der Waals surface area contributed by atoms with Gasteiger partial charge < -0.3 is 4.74 Å². The number of ether oxygens (including phenoxy) is 1. The summed E-state index contributed by atoms with van der Waals surface area (Å²) in [5.41, 5.74) is 2.04. The number of imide groups is 1. The monoisotopic (exact) mass is 308 g/mol. The van der Waals surface area contributed by atoms with Gasteiger partial charge in [0.15, 0.2) is 12.3 Å². The Bertz CT molecular complexity index is 829. The summed E-state index contributed by atoms with van der Waals surface area (Å²) in [5.74, 6) is 0.395. The van der Waals surface area contributed by atoms with Crippen LogP contribution in [-0.2, 0) is 4.79 Å². The molecular weight excluding hydrogens is 294 g/mol. The molecule has 1 unspecified atom stereocenters. The van der Waals surface area contributed by atoms with Crippen LogP contribution < -0.4 is 19.5 Å². The molecule has 3 amide bonds. The summed E-state index contributed by atoms with van der Waals surface area (Å²) < 4.78 is 5.11. The lowest BCUT2D eigenvalue weighted by Crippen LogP contribution is -2.69. The minimum atomic E-state index is -0.639. The van der Waals surface area contributed by atoms with Crippen LogP contribution in [0.15, 0.2) is 48.5 Å². The summed E-state index contributed by atoms with van der Waals surface area (Å²) in [6, 6.07) is 13.3. The second kappa shape index (κ2) is 4.95. The van der Waals surface area contributed by atoms with Crippen LogP contribution in [0.25, 0.3) is 0 Å². The van der Waals surface area contributed by atoms with E-state index in [4.69, 9.17) is 4.74 Å². The number of fused-ring (bicyclic) bond motifs is 3. The van der Waals surface area contributed by atoms with Gasteiger partial charge in [0, 0.05) is 6.07 Å². The number of hydrogen-bond donors (Lipinski definition) is 1. The quantitative estimate of drug-likeness (QED) is 0.836. The number of para-hydroxylation sites is 2. The fourth-order valence-electron chi connectivity index (χ4n) is 2.91. The van der Waals surface area contributed by atoms with Crippen LogP contribution >= 0.6 is 0 Å². The van der Waals surface area contributed by atoms with E-state index < -0.39 is 6.04 Å². The Morgan fingerprint density at radius 1 is 1.04 bits per heavy atom. The van der Waals surface area contributed by atoms with E-state index in [9.17, 15) is 9.59 Å². The van der Waals surface area contributed by atoms with Crippen molar-refractivity contribution < 1.29 is 19.3 Å². The molecule has 0 saturated carbocycles. The van der Waals surface area contributed by atoms with Gasteiger partial charge in [-0.05, 0) is 30.3 Å². The van der Waals surface area contributed by atoms with Crippen LogP contribution in [0, 0.1) is 0 Å². The van der Waals surface area contributed by atoms with Crippen LogP contribution in [0.2, 0.25) is 0 Å². The van der Waals surface area contributed by atoms with Crippen molar-refractivity contribution in [1.29, 1.82) is 0 Å². The Morgan fingerprint density at radius 2 is 1.78 bits per heavy atom. The van der Waals surface area contributed by atoms with E-state index in [1.807, 2.05) is 24.3 Å². The topological polar surface area (TPSA) is 63.8 Å². The van der Waals surface area contributed by atoms with Gasteiger partial charge in [-0.1, -0.05) is 12.1 Å². The van der Waals surface area contributed by atoms with Gasteiger partial charge >= 0.3 is 6.03 Å². The lowest BCUT2D eigenvalue weighted by Gasteiger charge is -2.20. The third-order valence-electron chi connectivity index (χ3n) is 4.04. The number of benzene rings is 2. The molecule has 2 aromatic rings. The van der Waals surface area contributed by atoms with Crippen LogP contribution in [0.5, 0.6) is 5.75 Å². The largest absolute Gasteiger partial charge is 0.497 e. The maximum Gasteiger partial charge on any atom is 0.337 e. The highest BCUT2D eigenvalue weighted by Crippen LogP contribution is 2.33. The molecule has 0 bridgehead atoms. The average Bonchev–Trinajstić information content (AvgIpc) is 2.86. The molecule has 2 aliphatic rings. The Morgan fingerprint density at radius 3 is 2.52 bits per heavy atom. The van der Waals surface area contributed by atoms with E-state index in [0.29, 0.717) is 17.1 Å². The normalized spacial score (nSPS) is 18.9. The fraction of sp³-hybridized carbons (Fsp3) is 0.118. The second-order valence-electron chi connectivity index (χ2n) is 5.30. The first kappa shape index (κ1) is 13.5. The summed E-state index contributed by atoms with van der Waals surface area (Å²) in [5, 5.41) is 0. The molecule has 1 saturated heterocycles. The van der Waals surface area contributed by atoms with Crippen molar-refractivity contribution in [2.45, 2.75) is 6.04 Å². The molecule has 2 aliphatic heterocycles. The number of amides is 3. The number of hydrogen-bond acceptors (Lipinski definition) is 3. The van der Waals surface area contributed by atoms with Gasteiger partial charge in [-0.3, -0.25) is 9.69 Å². The summed E-state index contributed by atoms with van der Waals surface area (Å²) in [6.45, 7) is 0. The van der Waals surface area contributed by atoms with Crippen molar-refractivity contribution in [2.75, 3.05) is 16.9 Å². The highest BCUT2D eigenvalue weighted by molar-refractivity contribution is 6.33. The van der Waals surface area contributed by atoms with Gasteiger partial charge in [0.1, 0.15) is 11.4 Å². The van der Waals surface area contributed by atoms with Crippen LogP contribution in [0.3, 0.4) is 0 Å². The maximum atomic E-state index is 12.8. The molecule has 2 aromatic carbocycles. The zero-order chi connectivity index (χ0) is 16.0. The minimum Gasteiger partial charge on any atom is -0.497 e. The number of nitrogens with one attached hydrogen (secondary N) is 1. The number of methoxy groups -OCH3 is 1. The molecule has 0 aliphatic carbocycles. The average molecular weight is 308 g/mol. The van der Waals surface area contributed by atoms with Crippen LogP contribution in [0.1, 0.15) is 0 Å². The Balaban J connectivity index is 1.76. The molecule has 114 valence electrons. The van der Waals surface area contributed by atoms with E-state index in [1.54, 1.807) is 37.6 Å². The van der Waals surface area contributed by atoms with Gasteiger partial charge in [-0.25, -0.2) is 14.7 Å². The molecule has 0 aromatic heterocycles. The Hall–Kier alpha value is -3.15. The lowest BCUT2D eigenvalue weighted by molar-refractivity contribution is -0.350. The zero-order valence-electron chi connectivity index (χ0n) is 12.4. The zero-order valence-corrected chi connectivity index (χ0v) is 12.4. The smallest absolute Gasteiger partial charge is 0.337 e. The molecule has 4 rings (SSSR count). The number of carbonyl (C=O) groups excluding carboxylic acids is 2. The first-order valence-corrected chi connectivity index (χ1v) is 7.21. The predicted molar refractivity (Wildman–Crippen MR) is 85.3 cm³/mol. The van der Waals surface area contributed by atoms with E-state index in [2.05, 4.69) is 4.99 Å². The standard InChI is InChI=1S/C17H13N3O3/c1-23-12-8-6-11(7-9-12)19-16(21)15-10-18-13-4-2-3-5-14(13)20(15)17(19)22/h2-10,15H,1H3/p+1. The molecule has 1 atom stereocenters.